The van der Waals surface area contributed by atoms with Crippen molar-refractivity contribution in [2.45, 2.75) is 57.8 Å². The number of amides is 1. The molecule has 1 aromatic heterocycles. The van der Waals surface area contributed by atoms with E-state index in [1.165, 1.54) is 51.4 Å². The lowest BCUT2D eigenvalue weighted by Crippen LogP contribution is -2.52. The fourth-order valence-electron chi connectivity index (χ4n) is 4.85. The van der Waals surface area contributed by atoms with E-state index >= 15 is 0 Å². The molecule has 1 spiro atoms. The average molecular weight is 400 g/mol. The van der Waals surface area contributed by atoms with Crippen molar-refractivity contribution < 1.29 is 4.79 Å². The minimum Gasteiger partial charge on any atom is -0.347 e. The van der Waals surface area contributed by atoms with Crippen LogP contribution in [0.3, 0.4) is 0 Å². The lowest BCUT2D eigenvalue weighted by molar-refractivity contribution is -0.128. The second kappa shape index (κ2) is 10.6. The third kappa shape index (κ3) is 6.18. The third-order valence-corrected chi connectivity index (χ3v) is 6.59. The van der Waals surface area contributed by atoms with E-state index in [0.717, 1.165) is 31.2 Å². The first-order valence-electron chi connectivity index (χ1n) is 11.2. The topological polar surface area (TPSA) is 60.8 Å². The Morgan fingerprint density at radius 3 is 2.66 bits per heavy atom. The Morgan fingerprint density at radius 1 is 1.21 bits per heavy atom. The van der Waals surface area contributed by atoms with Gasteiger partial charge in [0, 0.05) is 52.0 Å². The van der Waals surface area contributed by atoms with Crippen molar-refractivity contribution in [2.24, 2.45) is 10.4 Å². The van der Waals surface area contributed by atoms with Crippen molar-refractivity contribution >= 4 is 11.9 Å². The fraction of sp³-hybridized carbons (Fsp3) is 0.696. The van der Waals surface area contributed by atoms with E-state index in [2.05, 4.69) is 20.2 Å². The number of guanidine groups is 1. The molecule has 0 radical (unpaired) electrons. The van der Waals surface area contributed by atoms with E-state index in [0.29, 0.717) is 12.0 Å². The Hall–Kier alpha value is -2.11. The number of aromatic nitrogens is 1. The van der Waals surface area contributed by atoms with Gasteiger partial charge in [-0.2, -0.15) is 0 Å². The van der Waals surface area contributed by atoms with Gasteiger partial charge in [0.2, 0.25) is 5.91 Å². The number of likely N-dealkylation sites (N-methyl/N-ethyl adjacent to an activating group) is 1. The molecule has 1 N–H and O–H groups in total. The molecule has 3 rings (SSSR count). The smallest absolute Gasteiger partial charge is 0.241 e. The van der Waals surface area contributed by atoms with Crippen LogP contribution in [0.4, 0.5) is 0 Å². The van der Waals surface area contributed by atoms with Crippen LogP contribution in [0.15, 0.2) is 29.4 Å². The van der Waals surface area contributed by atoms with E-state index in [1.54, 1.807) is 11.1 Å². The number of aliphatic imine (C=N–C) groups is 1. The molecule has 2 aliphatic rings. The third-order valence-electron chi connectivity index (χ3n) is 6.59. The van der Waals surface area contributed by atoms with Gasteiger partial charge in [-0.3, -0.25) is 14.8 Å². The number of nitrogens with one attached hydrogen (secondary N) is 1. The van der Waals surface area contributed by atoms with Crippen molar-refractivity contribution in [3.8, 4) is 0 Å². The van der Waals surface area contributed by atoms with Gasteiger partial charge in [0.05, 0.1) is 6.54 Å². The molecule has 1 aliphatic carbocycles. The van der Waals surface area contributed by atoms with Gasteiger partial charge in [-0.25, -0.2) is 0 Å². The van der Waals surface area contributed by atoms with Crippen molar-refractivity contribution in [2.75, 3.05) is 40.3 Å². The molecule has 1 amide bonds. The summed E-state index contributed by atoms with van der Waals surface area (Å²) in [6, 6.07) is 5.89. The second-order valence-corrected chi connectivity index (χ2v) is 8.73. The molecule has 1 saturated heterocycles. The standard InChI is InChI=1S/C23H37N5O/c1-24-22(28-16-9-14-23(19-28)12-6-3-4-7-13-23)26-18-21(29)27(2)17-11-20-10-5-8-15-25-20/h5,8,10,15H,3-4,6-7,9,11-14,16-19H2,1-2H3,(H,24,26). The predicted molar refractivity (Wildman–Crippen MR) is 118 cm³/mol. The van der Waals surface area contributed by atoms with Gasteiger partial charge >= 0.3 is 0 Å². The number of carbonyl (C=O) groups is 1. The van der Waals surface area contributed by atoms with Crippen LogP contribution in [-0.4, -0.2) is 66.9 Å². The van der Waals surface area contributed by atoms with Crippen molar-refractivity contribution in [3.05, 3.63) is 30.1 Å². The Balaban J connectivity index is 1.48. The fourth-order valence-corrected chi connectivity index (χ4v) is 4.85. The van der Waals surface area contributed by atoms with E-state index in [-0.39, 0.29) is 12.5 Å². The second-order valence-electron chi connectivity index (χ2n) is 8.73. The molecule has 0 unspecified atom stereocenters. The predicted octanol–water partition coefficient (Wildman–Crippen LogP) is 3.09. The van der Waals surface area contributed by atoms with Crippen LogP contribution in [0.2, 0.25) is 0 Å². The van der Waals surface area contributed by atoms with Crippen molar-refractivity contribution in [1.29, 1.82) is 0 Å². The van der Waals surface area contributed by atoms with E-state index < -0.39 is 0 Å². The summed E-state index contributed by atoms with van der Waals surface area (Å²) >= 11 is 0. The van der Waals surface area contributed by atoms with Gasteiger partial charge in [0.1, 0.15) is 0 Å². The van der Waals surface area contributed by atoms with Gasteiger partial charge < -0.3 is 15.1 Å². The van der Waals surface area contributed by atoms with Crippen molar-refractivity contribution in [3.63, 3.8) is 0 Å². The summed E-state index contributed by atoms with van der Waals surface area (Å²) in [7, 11) is 3.68. The average Bonchev–Trinajstić information content (AvgIpc) is 2.98. The van der Waals surface area contributed by atoms with Gasteiger partial charge in [-0.05, 0) is 43.2 Å². The van der Waals surface area contributed by atoms with Crippen LogP contribution in [0.25, 0.3) is 0 Å². The number of piperidine rings is 1. The summed E-state index contributed by atoms with van der Waals surface area (Å²) in [5, 5.41) is 3.32. The highest BCUT2D eigenvalue weighted by atomic mass is 16.2. The van der Waals surface area contributed by atoms with Crippen LogP contribution < -0.4 is 5.32 Å². The Bertz CT molecular complexity index is 667. The molecule has 2 fully saturated rings. The monoisotopic (exact) mass is 399 g/mol. The highest BCUT2D eigenvalue weighted by Gasteiger charge is 2.36. The number of hydrogen-bond acceptors (Lipinski definition) is 3. The quantitative estimate of drug-likeness (QED) is 0.611. The number of likely N-dealkylation sites (tertiary alicyclic amines) is 1. The van der Waals surface area contributed by atoms with Crippen LogP contribution in [0.5, 0.6) is 0 Å². The van der Waals surface area contributed by atoms with Gasteiger partial charge in [-0.15, -0.1) is 0 Å². The van der Waals surface area contributed by atoms with E-state index in [4.69, 9.17) is 0 Å². The largest absolute Gasteiger partial charge is 0.347 e. The zero-order valence-electron chi connectivity index (χ0n) is 18.2. The maximum absolute atomic E-state index is 12.6. The summed E-state index contributed by atoms with van der Waals surface area (Å²) in [6.07, 6.45) is 13.3. The molecule has 0 bridgehead atoms. The molecular formula is C23H37N5O. The minimum atomic E-state index is 0.0864. The lowest BCUT2D eigenvalue weighted by Gasteiger charge is -2.44. The Labute approximate surface area is 175 Å². The number of nitrogens with zero attached hydrogens (tertiary/aromatic N) is 4. The number of hydrogen-bond donors (Lipinski definition) is 1. The Kier molecular flexibility index (Phi) is 7.90. The van der Waals surface area contributed by atoms with E-state index in [1.807, 2.05) is 32.3 Å². The van der Waals surface area contributed by atoms with Crippen LogP contribution in [0, 0.1) is 5.41 Å². The first-order valence-corrected chi connectivity index (χ1v) is 11.2. The molecule has 6 heteroatoms. The maximum atomic E-state index is 12.6. The minimum absolute atomic E-state index is 0.0864. The molecule has 1 aromatic rings. The first kappa shape index (κ1) is 21.6. The van der Waals surface area contributed by atoms with Crippen LogP contribution in [-0.2, 0) is 11.2 Å². The molecule has 6 nitrogen and oxygen atoms in total. The molecule has 0 atom stereocenters. The molecule has 0 aromatic carbocycles. The van der Waals surface area contributed by atoms with Crippen molar-refractivity contribution in [1.82, 2.24) is 20.1 Å². The molecule has 2 heterocycles. The SMILES string of the molecule is CN=C(NCC(=O)N(C)CCc1ccccn1)N1CCCC2(CCCCCC2)C1. The Morgan fingerprint density at radius 2 is 1.97 bits per heavy atom. The molecule has 1 saturated carbocycles. The van der Waals surface area contributed by atoms with Gasteiger partial charge in [0.15, 0.2) is 5.96 Å². The number of carbonyl (C=O) groups excluding carboxylic acids is 1. The lowest BCUT2D eigenvalue weighted by atomic mass is 9.74. The molecule has 1 aliphatic heterocycles. The van der Waals surface area contributed by atoms with Crippen LogP contribution in [0.1, 0.15) is 57.1 Å². The molecular weight excluding hydrogens is 362 g/mol. The van der Waals surface area contributed by atoms with Crippen LogP contribution >= 0.6 is 0 Å². The summed E-state index contributed by atoms with van der Waals surface area (Å²) < 4.78 is 0. The summed E-state index contributed by atoms with van der Waals surface area (Å²) in [6.45, 7) is 3.07. The zero-order valence-corrected chi connectivity index (χ0v) is 18.2. The normalized spacial score (nSPS) is 19.7. The maximum Gasteiger partial charge on any atom is 0.241 e. The van der Waals surface area contributed by atoms with Gasteiger partial charge in [-0.1, -0.05) is 31.7 Å². The molecule has 29 heavy (non-hydrogen) atoms. The van der Waals surface area contributed by atoms with Gasteiger partial charge in [0.25, 0.3) is 0 Å². The number of rotatable bonds is 5. The van der Waals surface area contributed by atoms with E-state index in [9.17, 15) is 4.79 Å². The molecule has 160 valence electrons. The highest BCUT2D eigenvalue weighted by molar-refractivity contribution is 5.86. The zero-order chi connectivity index (χ0) is 20.5. The summed E-state index contributed by atoms with van der Waals surface area (Å²) in [4.78, 5) is 25.6. The number of pyridine rings is 1. The first-order chi connectivity index (χ1) is 14.1. The highest BCUT2D eigenvalue weighted by Crippen LogP contribution is 2.42. The summed E-state index contributed by atoms with van der Waals surface area (Å²) in [5.74, 6) is 0.961. The summed E-state index contributed by atoms with van der Waals surface area (Å²) in [5.41, 5.74) is 1.47.